The molecule has 218 valence electrons. The quantitative estimate of drug-likeness (QED) is 0.284. The van der Waals surface area contributed by atoms with Crippen LogP contribution in [-0.4, -0.2) is 57.6 Å². The molecular formula is C26H35FN6O7. The van der Waals surface area contributed by atoms with Gasteiger partial charge >= 0.3 is 11.8 Å². The number of amides is 4. The molecule has 1 heterocycles. The Morgan fingerprint density at radius 1 is 1.00 bits per heavy atom. The number of aromatic nitrogens is 2. The van der Waals surface area contributed by atoms with Gasteiger partial charge in [-0.05, 0) is 51.3 Å². The first-order valence-corrected chi connectivity index (χ1v) is 12.5. The van der Waals surface area contributed by atoms with Gasteiger partial charge in [0, 0.05) is 11.9 Å². The number of hydrogen-bond acceptors (Lipinski definition) is 7. The van der Waals surface area contributed by atoms with Crippen molar-refractivity contribution >= 4 is 29.5 Å². The van der Waals surface area contributed by atoms with Crippen molar-refractivity contribution < 1.29 is 28.3 Å². The third-order valence-corrected chi connectivity index (χ3v) is 5.39. The monoisotopic (exact) mass is 562 g/mol. The summed E-state index contributed by atoms with van der Waals surface area (Å²) in [4.78, 5) is 75.3. The molecule has 0 fully saturated rings. The van der Waals surface area contributed by atoms with E-state index in [9.17, 15) is 33.2 Å². The topological polar surface area (TPSA) is 180 Å². The van der Waals surface area contributed by atoms with E-state index in [1.807, 2.05) is 0 Å². The molecule has 0 aliphatic heterocycles. The molecule has 0 saturated carbocycles. The zero-order valence-electron chi connectivity index (χ0n) is 23.2. The number of nitrogens with zero attached hydrogens (tertiary/aromatic N) is 1. The van der Waals surface area contributed by atoms with E-state index < -0.39 is 65.1 Å². The van der Waals surface area contributed by atoms with Crippen LogP contribution in [0.25, 0.3) is 0 Å². The van der Waals surface area contributed by atoms with Crippen molar-refractivity contribution in [2.24, 2.45) is 5.92 Å². The predicted octanol–water partition coefficient (Wildman–Crippen LogP) is 0.833. The third kappa shape index (κ3) is 9.67. The molecule has 1 aromatic carbocycles. The number of nitrogens with one attached hydrogen (secondary N) is 5. The molecule has 0 saturated heterocycles. The normalized spacial score (nSPS) is 12.7. The highest BCUT2D eigenvalue weighted by Crippen LogP contribution is 2.11. The van der Waals surface area contributed by atoms with Gasteiger partial charge in [0.15, 0.2) is 0 Å². The number of rotatable bonds is 10. The largest absolute Gasteiger partial charge is 0.444 e. The zero-order valence-corrected chi connectivity index (χ0v) is 23.2. The lowest BCUT2D eigenvalue weighted by Crippen LogP contribution is -2.55. The molecule has 0 aliphatic carbocycles. The summed E-state index contributed by atoms with van der Waals surface area (Å²) >= 11 is 0. The van der Waals surface area contributed by atoms with Crippen LogP contribution in [0.3, 0.4) is 0 Å². The third-order valence-electron chi connectivity index (χ3n) is 5.39. The first-order chi connectivity index (χ1) is 18.6. The van der Waals surface area contributed by atoms with Crippen LogP contribution in [0.2, 0.25) is 0 Å². The Bertz CT molecular complexity index is 1350. The maximum absolute atomic E-state index is 13.5. The van der Waals surface area contributed by atoms with E-state index in [1.54, 1.807) is 46.8 Å². The van der Waals surface area contributed by atoms with E-state index in [0.717, 1.165) is 0 Å². The van der Waals surface area contributed by atoms with Gasteiger partial charge in [0.1, 0.15) is 24.2 Å². The van der Waals surface area contributed by atoms with Crippen LogP contribution in [0, 0.1) is 11.7 Å². The molecule has 5 N–H and O–H groups in total. The van der Waals surface area contributed by atoms with Gasteiger partial charge in [-0.25, -0.2) is 9.59 Å². The minimum Gasteiger partial charge on any atom is -0.444 e. The van der Waals surface area contributed by atoms with Gasteiger partial charge in [-0.1, -0.05) is 26.0 Å². The molecule has 0 radical (unpaired) electrons. The number of halogens is 1. The Balaban J connectivity index is 1.93. The van der Waals surface area contributed by atoms with Gasteiger partial charge in [0.25, 0.3) is 5.56 Å². The maximum atomic E-state index is 13.5. The van der Waals surface area contributed by atoms with Crippen molar-refractivity contribution in [3.63, 3.8) is 0 Å². The summed E-state index contributed by atoms with van der Waals surface area (Å²) in [6.45, 7) is 9.35. The summed E-state index contributed by atoms with van der Waals surface area (Å²) in [6.07, 6.45) is -0.0795. The molecule has 1 aromatic heterocycles. The van der Waals surface area contributed by atoms with Crippen LogP contribution in [0.5, 0.6) is 0 Å². The molecule has 4 amide bonds. The molecule has 0 spiro atoms. The number of ether oxygens (including phenoxy) is 1. The molecule has 13 nitrogen and oxygen atoms in total. The van der Waals surface area contributed by atoms with Gasteiger partial charge < -0.3 is 31.0 Å². The summed E-state index contributed by atoms with van der Waals surface area (Å²) < 4.78 is 19.3. The Hall–Kier alpha value is -4.49. The summed E-state index contributed by atoms with van der Waals surface area (Å²) in [6, 6.07) is 4.19. The second-order valence-corrected chi connectivity index (χ2v) is 10.4. The minimum absolute atomic E-state index is 0.178. The van der Waals surface area contributed by atoms with Crippen LogP contribution >= 0.6 is 0 Å². The fourth-order valence-corrected chi connectivity index (χ4v) is 3.35. The summed E-state index contributed by atoms with van der Waals surface area (Å²) in [7, 11) is 0. The average Bonchev–Trinajstić information content (AvgIpc) is 2.85. The zero-order chi connectivity index (χ0) is 30.2. The first-order valence-electron chi connectivity index (χ1n) is 12.5. The predicted molar refractivity (Wildman–Crippen MR) is 144 cm³/mol. The van der Waals surface area contributed by atoms with E-state index in [2.05, 4.69) is 26.3 Å². The maximum Gasteiger partial charge on any atom is 0.408 e. The second kappa shape index (κ2) is 13.5. The number of hydrogen-bond donors (Lipinski definition) is 5. The smallest absolute Gasteiger partial charge is 0.408 e. The Kier molecular flexibility index (Phi) is 10.7. The van der Waals surface area contributed by atoms with Crippen molar-refractivity contribution in [1.29, 1.82) is 0 Å². The Labute approximate surface area is 229 Å². The molecule has 40 heavy (non-hydrogen) atoms. The minimum atomic E-state index is -1.09. The lowest BCUT2D eigenvalue weighted by Gasteiger charge is -2.24. The fourth-order valence-electron chi connectivity index (χ4n) is 3.35. The van der Waals surface area contributed by atoms with Crippen LogP contribution in [0.1, 0.15) is 47.1 Å². The summed E-state index contributed by atoms with van der Waals surface area (Å²) in [5, 5.41) is 10.0. The Morgan fingerprint density at radius 3 is 2.20 bits per heavy atom. The molecule has 2 aromatic rings. The van der Waals surface area contributed by atoms with Gasteiger partial charge in [0.05, 0.1) is 6.54 Å². The molecular weight excluding hydrogens is 527 g/mol. The van der Waals surface area contributed by atoms with E-state index in [4.69, 9.17) is 4.74 Å². The van der Waals surface area contributed by atoms with Crippen LogP contribution in [0.15, 0.2) is 40.1 Å². The van der Waals surface area contributed by atoms with Gasteiger partial charge in [-0.3, -0.25) is 23.7 Å². The van der Waals surface area contributed by atoms with Gasteiger partial charge in [0.2, 0.25) is 23.5 Å². The van der Waals surface area contributed by atoms with Crippen molar-refractivity contribution in [2.45, 2.75) is 65.8 Å². The van der Waals surface area contributed by atoms with E-state index in [1.165, 1.54) is 19.1 Å². The molecule has 0 unspecified atom stereocenters. The number of benzene rings is 1. The second-order valence-electron chi connectivity index (χ2n) is 10.4. The summed E-state index contributed by atoms with van der Waals surface area (Å²) in [5.41, 5.74) is -1.67. The molecule has 2 atom stereocenters. The van der Waals surface area contributed by atoms with Crippen molar-refractivity contribution in [1.82, 2.24) is 25.5 Å². The molecule has 14 heteroatoms. The first kappa shape index (κ1) is 31.7. The number of anilines is 1. The molecule has 0 aliphatic rings. The summed E-state index contributed by atoms with van der Waals surface area (Å²) in [5.74, 6) is -3.16. The van der Waals surface area contributed by atoms with Crippen LogP contribution in [-0.2, 0) is 25.7 Å². The van der Waals surface area contributed by atoms with Crippen molar-refractivity contribution in [3.05, 3.63) is 62.7 Å². The highest BCUT2D eigenvalue weighted by molar-refractivity contribution is 5.98. The van der Waals surface area contributed by atoms with E-state index in [0.29, 0.717) is 22.0 Å². The number of alkyl carbamates (subject to hydrolysis) is 1. The lowest BCUT2D eigenvalue weighted by atomic mass is 10.0. The van der Waals surface area contributed by atoms with Gasteiger partial charge in [-0.15, -0.1) is 0 Å². The number of carbonyl (C=O) groups is 4. The SMILES string of the molecule is CC(C)[C@H](NC(=O)CNC(=O)OC(C)(C)C)C(=O)N[C@@H](C)C(=O)Nc1ccc(Cn2c(=O)[nH]cc(F)c2=O)cc1. The molecule has 2 rings (SSSR count). The van der Waals surface area contributed by atoms with Gasteiger partial charge in [-0.2, -0.15) is 4.39 Å². The van der Waals surface area contributed by atoms with Crippen molar-refractivity contribution in [3.8, 4) is 0 Å². The highest BCUT2D eigenvalue weighted by atomic mass is 19.1. The van der Waals surface area contributed by atoms with E-state index >= 15 is 0 Å². The number of carbonyl (C=O) groups excluding carboxylic acids is 4. The number of H-pyrrole nitrogens is 1. The molecule has 0 bridgehead atoms. The fraction of sp³-hybridized carbons (Fsp3) is 0.462. The Morgan fingerprint density at radius 2 is 1.62 bits per heavy atom. The average molecular weight is 563 g/mol. The van der Waals surface area contributed by atoms with E-state index in [-0.39, 0.29) is 12.5 Å². The highest BCUT2D eigenvalue weighted by Gasteiger charge is 2.27. The van der Waals surface area contributed by atoms with Crippen LogP contribution < -0.4 is 32.5 Å². The van der Waals surface area contributed by atoms with Crippen molar-refractivity contribution in [2.75, 3.05) is 11.9 Å². The lowest BCUT2D eigenvalue weighted by molar-refractivity contribution is -0.131. The standard InChI is InChI=1S/C26H35FN6O7/c1-14(2)20(32-19(34)12-29-25(39)40-26(4,5)6)22(36)30-15(3)21(35)31-17-9-7-16(8-10-17)13-33-23(37)18(27)11-28-24(33)38/h7-11,14-15,20H,12-13H2,1-6H3,(H,28,38)(H,29,39)(H,30,36)(H,31,35)(H,32,34)/t15-,20-/m0/s1. The number of aromatic amines is 1. The van der Waals surface area contributed by atoms with Crippen LogP contribution in [0.4, 0.5) is 14.9 Å².